The Kier molecular flexibility index (Phi) is 4.84. The molecule has 1 aromatic carbocycles. The summed E-state index contributed by atoms with van der Waals surface area (Å²) in [6.45, 7) is 1.04. The van der Waals surface area contributed by atoms with Crippen LogP contribution in [0.4, 0.5) is 0 Å². The fourth-order valence-electron chi connectivity index (χ4n) is 1.53. The van der Waals surface area contributed by atoms with E-state index in [0.29, 0.717) is 0 Å². The molecule has 0 aromatic heterocycles. The highest BCUT2D eigenvalue weighted by Gasteiger charge is 2.21. The predicted octanol–water partition coefficient (Wildman–Crippen LogP) is 1.11. The quantitative estimate of drug-likeness (QED) is 0.551. The Morgan fingerprint density at radius 2 is 2.00 bits per heavy atom. The molecule has 6 heteroatoms. The molecule has 0 aliphatic rings. The summed E-state index contributed by atoms with van der Waals surface area (Å²) in [4.78, 5) is 22.3. The van der Waals surface area contributed by atoms with Crippen LogP contribution < -0.4 is 0 Å². The molecule has 1 rings (SSSR count). The van der Waals surface area contributed by atoms with Crippen molar-refractivity contribution in [2.45, 2.75) is 25.0 Å². The molecular formula is C12H13ClO5. The summed E-state index contributed by atoms with van der Waals surface area (Å²) in [6, 6.07) is 4.02. The average Bonchev–Trinajstić information content (AvgIpc) is 2.35. The average molecular weight is 273 g/mol. The number of carboxylic acid groups (broad SMARTS) is 1. The fraction of sp³-hybridized carbons (Fsp3) is 0.333. The van der Waals surface area contributed by atoms with Crippen LogP contribution in [-0.2, 0) is 11.4 Å². The molecule has 0 saturated carbocycles. The van der Waals surface area contributed by atoms with E-state index in [9.17, 15) is 14.7 Å². The Morgan fingerprint density at radius 3 is 2.44 bits per heavy atom. The molecule has 0 radical (unpaired) electrons. The van der Waals surface area contributed by atoms with Crippen molar-refractivity contribution in [3.05, 3.63) is 34.9 Å². The number of aliphatic hydroxyl groups is 2. The minimum absolute atomic E-state index is 0.0591. The van der Waals surface area contributed by atoms with Gasteiger partial charge in [0.2, 0.25) is 0 Å². The lowest BCUT2D eigenvalue weighted by Gasteiger charge is -2.12. The normalized spacial score (nSPS) is 14.0. The van der Waals surface area contributed by atoms with Crippen LogP contribution in [0.5, 0.6) is 0 Å². The van der Waals surface area contributed by atoms with Crippen molar-refractivity contribution in [1.29, 1.82) is 0 Å². The van der Waals surface area contributed by atoms with E-state index in [1.54, 1.807) is 0 Å². The van der Waals surface area contributed by atoms with E-state index < -0.39 is 24.1 Å². The van der Waals surface area contributed by atoms with Gasteiger partial charge in [-0.1, -0.05) is 12.1 Å². The molecule has 3 N–H and O–H groups in total. The van der Waals surface area contributed by atoms with Crippen LogP contribution in [0.2, 0.25) is 0 Å². The second-order valence-corrected chi connectivity index (χ2v) is 4.45. The van der Waals surface area contributed by atoms with E-state index in [4.69, 9.17) is 21.8 Å². The molecule has 98 valence electrons. The van der Waals surface area contributed by atoms with Gasteiger partial charge >= 0.3 is 5.97 Å². The molecule has 18 heavy (non-hydrogen) atoms. The van der Waals surface area contributed by atoms with E-state index in [-0.39, 0.29) is 22.5 Å². The van der Waals surface area contributed by atoms with Gasteiger partial charge in [-0.05, 0) is 24.1 Å². The zero-order chi connectivity index (χ0) is 13.9. The van der Waals surface area contributed by atoms with E-state index in [1.165, 1.54) is 25.1 Å². The molecule has 0 aliphatic carbocycles. The van der Waals surface area contributed by atoms with Crippen LogP contribution in [0, 0.1) is 0 Å². The topological polar surface area (TPSA) is 94.8 Å². The number of aliphatic carboxylic acids is 1. The SMILES string of the molecule is CC(Cl)C(=O)c1ccc(C(O)C(=O)O)c(CO)c1. The number of alkyl halides is 1. The van der Waals surface area contributed by atoms with Crippen molar-refractivity contribution in [1.82, 2.24) is 0 Å². The van der Waals surface area contributed by atoms with Crippen LogP contribution in [0.25, 0.3) is 0 Å². The van der Waals surface area contributed by atoms with Gasteiger partial charge in [0.25, 0.3) is 0 Å². The number of ketones is 1. The molecule has 5 nitrogen and oxygen atoms in total. The third-order valence-corrected chi connectivity index (χ3v) is 2.69. The molecule has 0 amide bonds. The minimum Gasteiger partial charge on any atom is -0.479 e. The number of hydrogen-bond donors (Lipinski definition) is 3. The largest absolute Gasteiger partial charge is 0.479 e. The number of carbonyl (C=O) groups excluding carboxylic acids is 1. The molecular weight excluding hydrogens is 260 g/mol. The van der Waals surface area contributed by atoms with Gasteiger partial charge in [-0.2, -0.15) is 0 Å². The Hall–Kier alpha value is -1.43. The molecule has 2 unspecified atom stereocenters. The number of Topliss-reactive ketones (excluding diaryl/α,β-unsaturated/α-hetero) is 1. The molecule has 0 spiro atoms. The molecule has 0 aliphatic heterocycles. The second-order valence-electron chi connectivity index (χ2n) is 3.79. The number of hydrogen-bond acceptors (Lipinski definition) is 4. The maximum absolute atomic E-state index is 11.6. The van der Waals surface area contributed by atoms with E-state index in [0.717, 1.165) is 0 Å². The maximum atomic E-state index is 11.6. The van der Waals surface area contributed by atoms with Gasteiger partial charge in [-0.3, -0.25) is 4.79 Å². The zero-order valence-corrected chi connectivity index (χ0v) is 10.4. The van der Waals surface area contributed by atoms with Gasteiger partial charge in [0.15, 0.2) is 11.9 Å². The van der Waals surface area contributed by atoms with Crippen molar-refractivity contribution in [2.75, 3.05) is 0 Å². The Balaban J connectivity index is 3.19. The number of carboxylic acids is 1. The lowest BCUT2D eigenvalue weighted by atomic mass is 9.97. The summed E-state index contributed by atoms with van der Waals surface area (Å²) in [5.74, 6) is -1.75. The predicted molar refractivity (Wildman–Crippen MR) is 64.6 cm³/mol. The first-order valence-corrected chi connectivity index (χ1v) is 5.65. The van der Waals surface area contributed by atoms with E-state index in [2.05, 4.69) is 0 Å². The van der Waals surface area contributed by atoms with Crippen LogP contribution >= 0.6 is 11.6 Å². The lowest BCUT2D eigenvalue weighted by Crippen LogP contribution is -2.15. The summed E-state index contributed by atoms with van der Waals surface area (Å²) >= 11 is 5.66. The maximum Gasteiger partial charge on any atom is 0.337 e. The highest BCUT2D eigenvalue weighted by molar-refractivity contribution is 6.33. The van der Waals surface area contributed by atoms with Crippen LogP contribution in [-0.4, -0.2) is 32.4 Å². The summed E-state index contributed by atoms with van der Waals surface area (Å²) in [7, 11) is 0. The van der Waals surface area contributed by atoms with Crippen LogP contribution in [0.3, 0.4) is 0 Å². The molecule has 0 saturated heterocycles. The number of rotatable bonds is 5. The summed E-state index contributed by atoms with van der Waals surface area (Å²) in [5, 5.41) is 26.6. The van der Waals surface area contributed by atoms with Crippen LogP contribution in [0.15, 0.2) is 18.2 Å². The third-order valence-electron chi connectivity index (χ3n) is 2.49. The third kappa shape index (κ3) is 3.07. The first-order chi connectivity index (χ1) is 8.38. The van der Waals surface area contributed by atoms with E-state index >= 15 is 0 Å². The van der Waals surface area contributed by atoms with Crippen molar-refractivity contribution < 1.29 is 24.9 Å². The van der Waals surface area contributed by atoms with Crippen LogP contribution in [0.1, 0.15) is 34.5 Å². The van der Waals surface area contributed by atoms with Crippen molar-refractivity contribution in [3.63, 3.8) is 0 Å². The lowest BCUT2D eigenvalue weighted by molar-refractivity contribution is -0.147. The Bertz CT molecular complexity index is 470. The first-order valence-electron chi connectivity index (χ1n) is 5.21. The monoisotopic (exact) mass is 272 g/mol. The highest BCUT2D eigenvalue weighted by Crippen LogP contribution is 2.21. The Labute approximate surface area is 109 Å². The second kappa shape index (κ2) is 5.95. The van der Waals surface area contributed by atoms with Gasteiger partial charge in [0.05, 0.1) is 12.0 Å². The smallest absolute Gasteiger partial charge is 0.337 e. The standard InChI is InChI=1S/C12H13ClO5/c1-6(13)10(15)7-2-3-9(8(4-7)5-14)11(16)12(17)18/h2-4,6,11,14,16H,5H2,1H3,(H,17,18). The molecule has 1 aromatic rings. The Morgan fingerprint density at radius 1 is 1.39 bits per heavy atom. The molecule has 2 atom stereocenters. The number of carbonyl (C=O) groups is 2. The van der Waals surface area contributed by atoms with Gasteiger partial charge in [-0.15, -0.1) is 11.6 Å². The number of benzene rings is 1. The summed E-state index contributed by atoms with van der Waals surface area (Å²) < 4.78 is 0. The summed E-state index contributed by atoms with van der Waals surface area (Å²) in [6.07, 6.45) is -1.73. The summed E-state index contributed by atoms with van der Waals surface area (Å²) in [5.41, 5.74) is 0.514. The fourth-order valence-corrected chi connectivity index (χ4v) is 1.65. The van der Waals surface area contributed by atoms with Gasteiger partial charge in [0.1, 0.15) is 0 Å². The minimum atomic E-state index is -1.73. The van der Waals surface area contributed by atoms with Gasteiger partial charge < -0.3 is 15.3 Å². The molecule has 0 fully saturated rings. The molecule has 0 bridgehead atoms. The van der Waals surface area contributed by atoms with Crippen molar-refractivity contribution in [3.8, 4) is 0 Å². The molecule has 0 heterocycles. The highest BCUT2D eigenvalue weighted by atomic mass is 35.5. The first kappa shape index (κ1) is 14.6. The van der Waals surface area contributed by atoms with E-state index in [1.807, 2.05) is 0 Å². The number of aliphatic hydroxyl groups excluding tert-OH is 2. The number of halogens is 1. The van der Waals surface area contributed by atoms with Crippen molar-refractivity contribution in [2.24, 2.45) is 0 Å². The van der Waals surface area contributed by atoms with Gasteiger partial charge in [-0.25, -0.2) is 4.79 Å². The van der Waals surface area contributed by atoms with Crippen molar-refractivity contribution >= 4 is 23.4 Å². The van der Waals surface area contributed by atoms with Gasteiger partial charge in [0, 0.05) is 5.56 Å². The zero-order valence-electron chi connectivity index (χ0n) is 9.63.